The Labute approximate surface area is 113 Å². The van der Waals surface area contributed by atoms with E-state index in [-0.39, 0.29) is 6.23 Å². The minimum atomic E-state index is 0.0899. The minimum Gasteiger partial charge on any atom is -0.357 e. The van der Waals surface area contributed by atoms with Gasteiger partial charge < -0.3 is 4.74 Å². The van der Waals surface area contributed by atoms with Crippen LogP contribution in [0.1, 0.15) is 25.5 Å². The van der Waals surface area contributed by atoms with Crippen LogP contribution in [0.3, 0.4) is 0 Å². The first-order valence-corrected chi connectivity index (χ1v) is 6.78. The monoisotopic (exact) mass is 344 g/mol. The van der Waals surface area contributed by atoms with Crippen LogP contribution in [0.2, 0.25) is 0 Å². The van der Waals surface area contributed by atoms with E-state index < -0.39 is 0 Å². The molecule has 0 bridgehead atoms. The fourth-order valence-corrected chi connectivity index (χ4v) is 2.36. The molecule has 0 aliphatic carbocycles. The first-order chi connectivity index (χ1) is 8.33. The number of nitrogens with zero attached hydrogens (tertiary/aromatic N) is 4. The van der Waals surface area contributed by atoms with Crippen LogP contribution in [-0.4, -0.2) is 26.2 Å². The highest BCUT2D eigenvalue weighted by molar-refractivity contribution is 14.1. The number of halogens is 1. The van der Waals surface area contributed by atoms with E-state index in [1.54, 1.807) is 4.68 Å². The molecule has 0 saturated carbocycles. The zero-order valence-electron chi connectivity index (χ0n) is 9.29. The van der Waals surface area contributed by atoms with Gasteiger partial charge in [-0.05, 0) is 41.9 Å². The van der Waals surface area contributed by atoms with E-state index in [9.17, 15) is 0 Å². The molecule has 17 heavy (non-hydrogen) atoms. The summed E-state index contributed by atoms with van der Waals surface area (Å²) in [7, 11) is 0. The van der Waals surface area contributed by atoms with Crippen LogP contribution in [0, 0.1) is 3.57 Å². The van der Waals surface area contributed by atoms with Gasteiger partial charge in [-0.3, -0.25) is 0 Å². The Morgan fingerprint density at radius 3 is 3.06 bits per heavy atom. The van der Waals surface area contributed by atoms with E-state index in [2.05, 4.69) is 32.8 Å². The van der Waals surface area contributed by atoms with E-state index in [1.165, 1.54) is 6.42 Å². The van der Waals surface area contributed by atoms with Crippen LogP contribution in [0.15, 0.2) is 24.7 Å². The van der Waals surface area contributed by atoms with Crippen molar-refractivity contribution < 1.29 is 4.74 Å². The van der Waals surface area contributed by atoms with Crippen LogP contribution < -0.4 is 0 Å². The van der Waals surface area contributed by atoms with Gasteiger partial charge in [0.25, 0.3) is 0 Å². The van der Waals surface area contributed by atoms with Crippen molar-refractivity contribution in [3.05, 3.63) is 28.2 Å². The Balaban J connectivity index is 1.82. The molecule has 90 valence electrons. The molecule has 1 saturated heterocycles. The Kier molecular flexibility index (Phi) is 3.15. The second-order valence-electron chi connectivity index (χ2n) is 4.08. The van der Waals surface area contributed by atoms with E-state index in [4.69, 9.17) is 4.74 Å². The Bertz CT molecular complexity index is 501. The van der Waals surface area contributed by atoms with Crippen molar-refractivity contribution in [1.29, 1.82) is 0 Å². The normalized spacial score (nSPS) is 20.6. The Morgan fingerprint density at radius 2 is 2.35 bits per heavy atom. The van der Waals surface area contributed by atoms with Gasteiger partial charge in [0.1, 0.15) is 6.23 Å². The van der Waals surface area contributed by atoms with Crippen molar-refractivity contribution in [2.75, 3.05) is 6.61 Å². The van der Waals surface area contributed by atoms with Gasteiger partial charge >= 0.3 is 0 Å². The van der Waals surface area contributed by atoms with Gasteiger partial charge in [-0.1, -0.05) is 0 Å². The number of ether oxygens (including phenoxy) is 1. The molecule has 2 aromatic heterocycles. The molecular formula is C11H13IN4O. The molecule has 1 aliphatic rings. The molecule has 0 spiro atoms. The lowest BCUT2D eigenvalue weighted by Gasteiger charge is -2.22. The zero-order chi connectivity index (χ0) is 11.7. The number of rotatable bonds is 2. The molecule has 3 heterocycles. The summed E-state index contributed by atoms with van der Waals surface area (Å²) < 4.78 is 10.5. The van der Waals surface area contributed by atoms with Crippen molar-refractivity contribution in [2.24, 2.45) is 0 Å². The van der Waals surface area contributed by atoms with E-state index in [0.717, 1.165) is 28.8 Å². The summed E-state index contributed by atoms with van der Waals surface area (Å²) in [4.78, 5) is 0. The van der Waals surface area contributed by atoms with Crippen molar-refractivity contribution in [1.82, 2.24) is 19.6 Å². The second kappa shape index (κ2) is 4.77. The summed E-state index contributed by atoms with van der Waals surface area (Å²) in [6.07, 6.45) is 9.22. The molecular weight excluding hydrogens is 331 g/mol. The molecule has 0 radical (unpaired) electrons. The third-order valence-corrected chi connectivity index (χ3v) is 3.39. The molecule has 5 nitrogen and oxygen atoms in total. The van der Waals surface area contributed by atoms with E-state index >= 15 is 0 Å². The topological polar surface area (TPSA) is 44.9 Å². The fourth-order valence-electron chi connectivity index (χ4n) is 1.97. The van der Waals surface area contributed by atoms with Crippen molar-refractivity contribution in [3.63, 3.8) is 0 Å². The molecule has 1 unspecified atom stereocenters. The highest BCUT2D eigenvalue weighted by Gasteiger charge is 2.16. The van der Waals surface area contributed by atoms with Gasteiger partial charge in [0.15, 0.2) is 5.82 Å². The molecule has 1 atom stereocenters. The predicted octanol–water partition coefficient (Wildman–Crippen LogP) is 2.37. The van der Waals surface area contributed by atoms with Gasteiger partial charge in [0, 0.05) is 25.1 Å². The maximum Gasteiger partial charge on any atom is 0.175 e. The van der Waals surface area contributed by atoms with Gasteiger partial charge in [0.05, 0.1) is 9.77 Å². The van der Waals surface area contributed by atoms with Crippen LogP contribution in [-0.2, 0) is 4.74 Å². The standard InChI is InChI=1S/C11H13IN4O/c12-9-7-13-16(8-9)10-4-5-15(14-10)11-3-1-2-6-17-11/h4-5,7-8,11H,1-3,6H2. The largest absolute Gasteiger partial charge is 0.357 e. The Hall–Kier alpha value is -0.890. The summed E-state index contributed by atoms with van der Waals surface area (Å²) in [5.74, 6) is 0.835. The number of hydrogen-bond acceptors (Lipinski definition) is 3. The molecule has 2 aromatic rings. The summed E-state index contributed by atoms with van der Waals surface area (Å²) in [6.45, 7) is 0.833. The first-order valence-electron chi connectivity index (χ1n) is 5.70. The van der Waals surface area contributed by atoms with Crippen LogP contribution in [0.25, 0.3) is 5.82 Å². The smallest absolute Gasteiger partial charge is 0.175 e. The van der Waals surface area contributed by atoms with E-state index in [0.29, 0.717) is 0 Å². The third-order valence-electron chi connectivity index (χ3n) is 2.83. The average molecular weight is 344 g/mol. The lowest BCUT2D eigenvalue weighted by atomic mass is 10.2. The summed E-state index contributed by atoms with van der Waals surface area (Å²) >= 11 is 2.23. The molecule has 1 aliphatic heterocycles. The van der Waals surface area contributed by atoms with Crippen molar-refractivity contribution in [3.8, 4) is 5.82 Å². The highest BCUT2D eigenvalue weighted by Crippen LogP contribution is 2.22. The maximum atomic E-state index is 5.69. The average Bonchev–Trinajstić information content (AvgIpc) is 2.98. The number of hydrogen-bond donors (Lipinski definition) is 0. The van der Waals surface area contributed by atoms with Gasteiger partial charge in [-0.15, -0.1) is 0 Å². The highest BCUT2D eigenvalue weighted by atomic mass is 127. The predicted molar refractivity (Wildman–Crippen MR) is 70.9 cm³/mol. The third kappa shape index (κ3) is 2.37. The minimum absolute atomic E-state index is 0.0899. The van der Waals surface area contributed by atoms with Crippen molar-refractivity contribution >= 4 is 22.6 Å². The van der Waals surface area contributed by atoms with Gasteiger partial charge in [-0.25, -0.2) is 9.36 Å². The lowest BCUT2D eigenvalue weighted by Crippen LogP contribution is -2.18. The van der Waals surface area contributed by atoms with Gasteiger partial charge in [0.2, 0.25) is 0 Å². The Morgan fingerprint density at radius 1 is 1.41 bits per heavy atom. The SMILES string of the molecule is Ic1cnn(-c2ccn(C3CCCCO3)n2)c1. The first kappa shape index (κ1) is 11.2. The van der Waals surface area contributed by atoms with Crippen LogP contribution in [0.4, 0.5) is 0 Å². The van der Waals surface area contributed by atoms with Gasteiger partial charge in [-0.2, -0.15) is 10.2 Å². The van der Waals surface area contributed by atoms with Crippen LogP contribution >= 0.6 is 22.6 Å². The second-order valence-corrected chi connectivity index (χ2v) is 5.32. The fraction of sp³-hybridized carbons (Fsp3) is 0.455. The van der Waals surface area contributed by atoms with Crippen molar-refractivity contribution in [2.45, 2.75) is 25.5 Å². The summed E-state index contributed by atoms with van der Waals surface area (Å²) in [5.41, 5.74) is 0. The summed E-state index contributed by atoms with van der Waals surface area (Å²) in [5, 5.41) is 8.74. The lowest BCUT2D eigenvalue weighted by molar-refractivity contribution is -0.0395. The maximum absolute atomic E-state index is 5.69. The zero-order valence-corrected chi connectivity index (χ0v) is 11.4. The molecule has 1 fully saturated rings. The molecule has 3 rings (SSSR count). The van der Waals surface area contributed by atoms with E-state index in [1.807, 2.05) is 29.3 Å². The number of aromatic nitrogens is 4. The van der Waals surface area contributed by atoms with Crippen LogP contribution in [0.5, 0.6) is 0 Å². The summed E-state index contributed by atoms with van der Waals surface area (Å²) in [6, 6.07) is 1.96. The molecule has 0 aromatic carbocycles. The molecule has 6 heteroatoms. The molecule has 0 N–H and O–H groups in total. The quantitative estimate of drug-likeness (QED) is 0.786. The molecule has 0 amide bonds.